The van der Waals surface area contributed by atoms with Crippen LogP contribution in [0.15, 0.2) is 0 Å². The average molecular weight is 204 g/mol. The summed E-state index contributed by atoms with van der Waals surface area (Å²) < 4.78 is 0. The Labute approximate surface area is 101 Å². The molecule has 0 heterocycles. The van der Waals surface area contributed by atoms with Gasteiger partial charge in [-0.25, -0.2) is 0 Å². The third-order valence-corrected chi connectivity index (χ3v) is 9.33. The molecule has 0 aromatic rings. The van der Waals surface area contributed by atoms with Gasteiger partial charge in [0.1, 0.15) is 0 Å². The molecule has 0 aliphatic rings. The number of nitrogens with zero attached hydrogens (tertiary/aromatic N) is 2. The van der Waals surface area contributed by atoms with Gasteiger partial charge in [-0.05, 0) is 8.07 Å². The van der Waals surface area contributed by atoms with Crippen molar-refractivity contribution in [3.8, 4) is 0 Å². The third kappa shape index (κ3) is 3.10. The maximum Gasteiger partial charge on any atom is 1.00 e. The van der Waals surface area contributed by atoms with E-state index < -0.39 is 8.07 Å². The van der Waals surface area contributed by atoms with E-state index in [0.29, 0.717) is 16.6 Å². The van der Waals surface area contributed by atoms with Crippen LogP contribution in [0.2, 0.25) is 16.6 Å². The Balaban J connectivity index is 0. The molecule has 0 amide bonds. The van der Waals surface area contributed by atoms with Crippen LogP contribution in [-0.4, -0.2) is 18.7 Å². The van der Waals surface area contributed by atoms with Gasteiger partial charge in [0.05, 0.1) is 0 Å². The molecule has 76 valence electrons. The molecular weight excluding hydrogens is 183 g/mol. The molecule has 0 saturated heterocycles. The van der Waals surface area contributed by atoms with Crippen LogP contribution in [0.3, 0.4) is 0 Å². The molecule has 0 aromatic carbocycles. The van der Waals surface area contributed by atoms with E-state index in [9.17, 15) is 0 Å². The van der Waals surface area contributed by atoms with E-state index in [2.05, 4.69) is 52.2 Å². The fourth-order valence-corrected chi connectivity index (χ4v) is 7.42. The molecule has 0 aliphatic carbocycles. The van der Waals surface area contributed by atoms with Gasteiger partial charge in [0, 0.05) is 0 Å². The fraction of sp³-hybridized carbons (Fsp3) is 0.900. The zero-order valence-corrected chi connectivity index (χ0v) is 11.6. The zero-order chi connectivity index (χ0) is 10.6. The molecule has 0 N–H and O–H groups in total. The Kier molecular flexibility index (Phi) is 7.88. The van der Waals surface area contributed by atoms with Crippen molar-refractivity contribution in [2.75, 3.05) is 0 Å². The molecule has 0 aromatic heterocycles. The number of rotatable bonds is 4. The van der Waals surface area contributed by atoms with E-state index in [1.54, 1.807) is 0 Å². The van der Waals surface area contributed by atoms with Gasteiger partial charge in [0.25, 0.3) is 0 Å². The normalized spacial score (nSPS) is 11.5. The van der Waals surface area contributed by atoms with Gasteiger partial charge in [-0.15, -0.1) is 0 Å². The Hall–Kier alpha value is 0.194. The van der Waals surface area contributed by atoms with Crippen LogP contribution < -0.4 is 18.9 Å². The average Bonchev–Trinajstić information content (AvgIpc) is 1.97. The van der Waals surface area contributed by atoms with E-state index in [1.165, 1.54) is 0 Å². The zero-order valence-electron chi connectivity index (χ0n) is 10.6. The van der Waals surface area contributed by atoms with Crippen molar-refractivity contribution in [2.45, 2.75) is 58.2 Å². The summed E-state index contributed by atoms with van der Waals surface area (Å²) in [4.78, 5) is 3.18. The minimum atomic E-state index is -1.69. The van der Waals surface area contributed by atoms with Crippen molar-refractivity contribution in [3.63, 3.8) is 0 Å². The molecule has 0 fully saturated rings. The van der Waals surface area contributed by atoms with E-state index in [0.717, 1.165) is 0 Å². The van der Waals surface area contributed by atoms with Gasteiger partial charge in [-0.2, -0.15) is 0 Å². The topological polar surface area (TPSA) is 36.4 Å². The molecule has 0 atom stereocenters. The Morgan fingerprint density at radius 3 is 1.29 bits per heavy atom. The minimum Gasteiger partial charge on any atom is -0.408 e. The van der Waals surface area contributed by atoms with Crippen molar-refractivity contribution in [2.24, 2.45) is 0 Å². The first-order chi connectivity index (χ1) is 5.89. The maximum atomic E-state index is 8.70. The fourth-order valence-electron chi connectivity index (χ4n) is 2.47. The summed E-state index contributed by atoms with van der Waals surface area (Å²) in [5, 5.41) is 0. The van der Waals surface area contributed by atoms with Crippen LogP contribution in [0.1, 0.15) is 41.5 Å². The maximum absolute atomic E-state index is 8.70. The third-order valence-electron chi connectivity index (χ3n) is 3.11. The molecule has 0 aliphatic heterocycles. The molecular formula is C10H21LiN2Si. The van der Waals surface area contributed by atoms with Crippen molar-refractivity contribution < 1.29 is 23.7 Å². The summed E-state index contributed by atoms with van der Waals surface area (Å²) in [6.45, 7) is 13.3. The first-order valence-corrected chi connectivity index (χ1v) is 7.24. The summed E-state index contributed by atoms with van der Waals surface area (Å²) in [6.07, 6.45) is 0. The molecule has 0 spiro atoms. The second-order valence-corrected chi connectivity index (χ2v) is 10.2. The largest absolute Gasteiger partial charge is 1.00 e. The Morgan fingerprint density at radius 1 is 0.929 bits per heavy atom. The molecule has 0 saturated carbocycles. The molecule has 14 heavy (non-hydrogen) atoms. The number of hydrogen-bond donors (Lipinski definition) is 0. The van der Waals surface area contributed by atoms with E-state index in [4.69, 9.17) is 5.53 Å². The second kappa shape index (κ2) is 6.64. The van der Waals surface area contributed by atoms with Crippen molar-refractivity contribution in [1.82, 2.24) is 0 Å². The molecule has 0 bridgehead atoms. The summed E-state index contributed by atoms with van der Waals surface area (Å²) in [5.41, 5.74) is 10.4. The Morgan fingerprint density at radius 2 is 1.21 bits per heavy atom. The van der Waals surface area contributed by atoms with Crippen LogP contribution in [0, 0.1) is 0 Å². The first kappa shape index (κ1) is 16.6. The SMILES string of the molecule is CC(C)[Si]([C-]=[N+]=[N-])(C(C)C)C(C)C.[Li+]. The predicted molar refractivity (Wildman–Crippen MR) is 59.7 cm³/mol. The summed E-state index contributed by atoms with van der Waals surface area (Å²) >= 11 is 0. The van der Waals surface area contributed by atoms with E-state index >= 15 is 0 Å². The predicted octanol–water partition coefficient (Wildman–Crippen LogP) is 0.386. The van der Waals surface area contributed by atoms with Crippen LogP contribution >= 0.6 is 0 Å². The van der Waals surface area contributed by atoms with Crippen LogP contribution in [0.25, 0.3) is 5.53 Å². The molecule has 0 rings (SSSR count). The summed E-state index contributed by atoms with van der Waals surface area (Å²) in [6, 6.07) is 0. The van der Waals surface area contributed by atoms with Crippen molar-refractivity contribution in [3.05, 3.63) is 5.53 Å². The summed E-state index contributed by atoms with van der Waals surface area (Å²) in [7, 11) is -1.69. The van der Waals surface area contributed by atoms with Gasteiger partial charge in [-0.3, -0.25) is 0 Å². The van der Waals surface area contributed by atoms with E-state index in [1.807, 2.05) is 0 Å². The van der Waals surface area contributed by atoms with Crippen LogP contribution in [0.5, 0.6) is 0 Å². The molecule has 0 radical (unpaired) electrons. The first-order valence-electron chi connectivity index (χ1n) is 5.00. The van der Waals surface area contributed by atoms with Crippen LogP contribution in [0.4, 0.5) is 0 Å². The van der Waals surface area contributed by atoms with Crippen molar-refractivity contribution >= 4 is 13.9 Å². The standard InChI is InChI=1S/C10H21N2Si.Li/c1-8(2)13(7-12-11,9(3)4)10(5)6;/h8-10H,1-6H3;/q-1;+1. The molecule has 0 unspecified atom stereocenters. The van der Waals surface area contributed by atoms with Gasteiger partial charge in [0.15, 0.2) is 0 Å². The smallest absolute Gasteiger partial charge is 0.408 e. The quantitative estimate of drug-likeness (QED) is 0.209. The molecule has 4 heteroatoms. The van der Waals surface area contributed by atoms with Gasteiger partial charge < -0.3 is 10.3 Å². The van der Waals surface area contributed by atoms with Crippen molar-refractivity contribution in [1.29, 1.82) is 0 Å². The molecule has 2 nitrogen and oxygen atoms in total. The van der Waals surface area contributed by atoms with Gasteiger partial charge in [-0.1, -0.05) is 64.0 Å². The minimum absolute atomic E-state index is 0. The Bertz CT molecular complexity index is 186. The number of hydrogen-bond acceptors (Lipinski definition) is 0. The van der Waals surface area contributed by atoms with Crippen LogP contribution in [-0.2, 0) is 0 Å². The summed E-state index contributed by atoms with van der Waals surface area (Å²) in [5.74, 6) is 3.01. The van der Waals surface area contributed by atoms with Gasteiger partial charge in [0.2, 0.25) is 0 Å². The second-order valence-electron chi connectivity index (χ2n) is 4.61. The monoisotopic (exact) mass is 204 g/mol. The van der Waals surface area contributed by atoms with E-state index in [-0.39, 0.29) is 18.9 Å². The van der Waals surface area contributed by atoms with Gasteiger partial charge >= 0.3 is 18.9 Å².